The van der Waals surface area contributed by atoms with Crippen LogP contribution >= 0.6 is 0 Å². The molecule has 1 atom stereocenters. The van der Waals surface area contributed by atoms with Crippen LogP contribution in [0.2, 0.25) is 0 Å². The third kappa shape index (κ3) is 2.59. The minimum atomic E-state index is -4.07. The molecule has 0 fully saturated rings. The number of nitro benzene ring substituents is 1. The second-order valence-electron chi connectivity index (χ2n) is 3.95. The number of nitrogens with zero attached hydrogens (tertiary/aromatic N) is 1. The zero-order valence-corrected chi connectivity index (χ0v) is 10.4. The second-order valence-corrected chi connectivity index (χ2v) is 5.51. The number of ether oxygens (including phenoxy) is 1. The number of hydrogen-bond donors (Lipinski definition) is 3. The highest BCUT2D eigenvalue weighted by atomic mass is 32.2. The van der Waals surface area contributed by atoms with Crippen molar-refractivity contribution in [3.05, 3.63) is 22.2 Å². The van der Waals surface area contributed by atoms with Crippen LogP contribution in [0.3, 0.4) is 0 Å². The number of nitrogens with one attached hydrogen (secondary N) is 1. The Morgan fingerprint density at radius 2 is 2.26 bits per heavy atom. The van der Waals surface area contributed by atoms with Gasteiger partial charge >= 0.3 is 0 Å². The molecule has 0 amide bonds. The first-order chi connectivity index (χ1) is 8.82. The number of nitro groups is 1. The van der Waals surface area contributed by atoms with E-state index in [9.17, 15) is 18.5 Å². The van der Waals surface area contributed by atoms with Gasteiger partial charge in [0.1, 0.15) is 6.61 Å². The molecule has 104 valence electrons. The highest BCUT2D eigenvalue weighted by Crippen LogP contribution is 2.39. The Morgan fingerprint density at radius 1 is 1.58 bits per heavy atom. The molecule has 19 heavy (non-hydrogen) atoms. The summed E-state index contributed by atoms with van der Waals surface area (Å²) in [6.45, 7) is -0.206. The Morgan fingerprint density at radius 3 is 2.79 bits per heavy atom. The standard InChI is InChI=1S/C9H11N3O6S/c10-19(16,17)6-1-7(12(14)15)9-8(2-6)18-4-5(3-13)11-9/h1-2,5,11,13H,3-4H2,(H2,10,16,17)/t5-/m1/s1. The molecular formula is C9H11N3O6S. The first kappa shape index (κ1) is 13.5. The minimum Gasteiger partial charge on any atom is -0.489 e. The molecular weight excluding hydrogens is 278 g/mol. The summed E-state index contributed by atoms with van der Waals surface area (Å²) in [7, 11) is -4.07. The van der Waals surface area contributed by atoms with E-state index in [1.165, 1.54) is 0 Å². The summed E-state index contributed by atoms with van der Waals surface area (Å²) in [5, 5.41) is 27.6. The number of nitrogens with two attached hydrogens (primary N) is 1. The molecule has 0 unspecified atom stereocenters. The van der Waals surface area contributed by atoms with Gasteiger partial charge in [-0.05, 0) is 0 Å². The van der Waals surface area contributed by atoms with Crippen LogP contribution in [0.1, 0.15) is 0 Å². The van der Waals surface area contributed by atoms with E-state index in [2.05, 4.69) is 5.32 Å². The summed E-state index contributed by atoms with van der Waals surface area (Å²) in [4.78, 5) is 9.81. The number of benzene rings is 1. The SMILES string of the molecule is NS(=O)(=O)c1cc2c(c([N+](=O)[O-])c1)N[C@H](CO)CO2. The maximum absolute atomic E-state index is 11.3. The molecule has 0 aromatic heterocycles. The average molecular weight is 289 g/mol. The van der Waals surface area contributed by atoms with Gasteiger partial charge in [-0.25, -0.2) is 13.6 Å². The molecule has 1 aliphatic rings. The quantitative estimate of drug-likeness (QED) is 0.498. The number of fused-ring (bicyclic) bond motifs is 1. The zero-order chi connectivity index (χ0) is 14.2. The molecule has 0 saturated heterocycles. The lowest BCUT2D eigenvalue weighted by atomic mass is 10.2. The summed E-state index contributed by atoms with van der Waals surface area (Å²) < 4.78 is 27.7. The van der Waals surface area contributed by atoms with Crippen molar-refractivity contribution in [1.29, 1.82) is 0 Å². The van der Waals surface area contributed by atoms with Gasteiger partial charge in [0.05, 0.1) is 22.5 Å². The molecule has 2 rings (SSSR count). The molecule has 1 aromatic rings. The monoisotopic (exact) mass is 289 g/mol. The van der Waals surface area contributed by atoms with E-state index in [0.29, 0.717) is 0 Å². The molecule has 1 aliphatic heterocycles. The number of anilines is 1. The molecule has 10 heteroatoms. The Kier molecular flexibility index (Phi) is 3.30. The van der Waals surface area contributed by atoms with E-state index >= 15 is 0 Å². The van der Waals surface area contributed by atoms with Crippen LogP contribution < -0.4 is 15.2 Å². The molecule has 1 heterocycles. The van der Waals surface area contributed by atoms with Crippen molar-refractivity contribution in [2.75, 3.05) is 18.5 Å². The smallest absolute Gasteiger partial charge is 0.297 e. The zero-order valence-electron chi connectivity index (χ0n) is 9.57. The topological polar surface area (TPSA) is 145 Å². The minimum absolute atomic E-state index is 0.0166. The van der Waals surface area contributed by atoms with Crippen LogP contribution in [0.4, 0.5) is 11.4 Å². The normalized spacial score (nSPS) is 18.1. The first-order valence-electron chi connectivity index (χ1n) is 5.18. The maximum Gasteiger partial charge on any atom is 0.297 e. The first-order valence-corrected chi connectivity index (χ1v) is 6.73. The van der Waals surface area contributed by atoms with Crippen molar-refractivity contribution in [2.45, 2.75) is 10.9 Å². The van der Waals surface area contributed by atoms with Gasteiger partial charge in [0.15, 0.2) is 11.4 Å². The van der Waals surface area contributed by atoms with E-state index < -0.39 is 31.6 Å². The summed E-state index contributed by atoms with van der Waals surface area (Å²) >= 11 is 0. The van der Waals surface area contributed by atoms with Gasteiger partial charge in [-0.15, -0.1) is 0 Å². The average Bonchev–Trinajstić information content (AvgIpc) is 2.35. The summed E-state index contributed by atoms with van der Waals surface area (Å²) in [5.74, 6) is 0.0166. The summed E-state index contributed by atoms with van der Waals surface area (Å²) in [6.07, 6.45) is 0. The number of sulfonamides is 1. The van der Waals surface area contributed by atoms with Crippen LogP contribution in [0.25, 0.3) is 0 Å². The number of aliphatic hydroxyl groups excluding tert-OH is 1. The molecule has 0 radical (unpaired) electrons. The molecule has 0 bridgehead atoms. The van der Waals surface area contributed by atoms with Gasteiger partial charge in [-0.1, -0.05) is 0 Å². The van der Waals surface area contributed by atoms with Gasteiger partial charge < -0.3 is 15.2 Å². The lowest BCUT2D eigenvalue weighted by Crippen LogP contribution is -2.35. The van der Waals surface area contributed by atoms with Gasteiger partial charge in [0.2, 0.25) is 10.0 Å². The number of hydrogen-bond acceptors (Lipinski definition) is 7. The van der Waals surface area contributed by atoms with E-state index in [0.717, 1.165) is 12.1 Å². The Bertz CT molecular complexity index is 629. The number of rotatable bonds is 3. The van der Waals surface area contributed by atoms with E-state index in [1.54, 1.807) is 0 Å². The van der Waals surface area contributed by atoms with Crippen molar-refractivity contribution >= 4 is 21.4 Å². The highest BCUT2D eigenvalue weighted by molar-refractivity contribution is 7.89. The van der Waals surface area contributed by atoms with Crippen molar-refractivity contribution in [3.63, 3.8) is 0 Å². The Hall–Kier alpha value is -1.91. The number of aliphatic hydroxyl groups is 1. The predicted molar refractivity (Wildman–Crippen MR) is 64.5 cm³/mol. The van der Waals surface area contributed by atoms with Crippen LogP contribution in [-0.4, -0.2) is 37.7 Å². The molecule has 9 nitrogen and oxygen atoms in total. The molecule has 1 aromatic carbocycles. The van der Waals surface area contributed by atoms with E-state index in [-0.39, 0.29) is 24.7 Å². The van der Waals surface area contributed by atoms with Crippen LogP contribution in [0, 0.1) is 10.1 Å². The van der Waals surface area contributed by atoms with Gasteiger partial charge in [-0.2, -0.15) is 0 Å². The van der Waals surface area contributed by atoms with Crippen molar-refractivity contribution in [1.82, 2.24) is 0 Å². The molecule has 0 aliphatic carbocycles. The Labute approximate surface area is 108 Å². The van der Waals surface area contributed by atoms with Crippen LogP contribution in [0.5, 0.6) is 5.75 Å². The van der Waals surface area contributed by atoms with Crippen molar-refractivity contribution in [3.8, 4) is 5.75 Å². The predicted octanol–water partition coefficient (Wildman–Crippen LogP) is -0.593. The highest BCUT2D eigenvalue weighted by Gasteiger charge is 2.29. The van der Waals surface area contributed by atoms with E-state index in [4.69, 9.17) is 15.0 Å². The van der Waals surface area contributed by atoms with Gasteiger partial charge in [0.25, 0.3) is 5.69 Å². The lowest BCUT2D eigenvalue weighted by molar-refractivity contribution is -0.384. The fraction of sp³-hybridized carbons (Fsp3) is 0.333. The Balaban J connectivity index is 2.60. The molecule has 0 spiro atoms. The fourth-order valence-electron chi connectivity index (χ4n) is 1.68. The third-order valence-corrected chi connectivity index (χ3v) is 3.48. The second kappa shape index (κ2) is 4.64. The van der Waals surface area contributed by atoms with Crippen LogP contribution in [-0.2, 0) is 10.0 Å². The molecule has 0 saturated carbocycles. The van der Waals surface area contributed by atoms with Crippen LogP contribution in [0.15, 0.2) is 17.0 Å². The van der Waals surface area contributed by atoms with Crippen molar-refractivity contribution in [2.24, 2.45) is 5.14 Å². The van der Waals surface area contributed by atoms with E-state index in [1.807, 2.05) is 0 Å². The van der Waals surface area contributed by atoms with Crippen molar-refractivity contribution < 1.29 is 23.2 Å². The maximum atomic E-state index is 11.3. The fourth-order valence-corrected chi connectivity index (χ4v) is 2.23. The lowest BCUT2D eigenvalue weighted by Gasteiger charge is -2.26. The third-order valence-electron chi connectivity index (χ3n) is 2.59. The largest absolute Gasteiger partial charge is 0.489 e. The van der Waals surface area contributed by atoms with Gasteiger partial charge in [0, 0.05) is 12.1 Å². The number of primary sulfonamides is 1. The summed E-state index contributed by atoms with van der Waals surface area (Å²) in [5.41, 5.74) is -0.442. The van der Waals surface area contributed by atoms with Gasteiger partial charge in [-0.3, -0.25) is 10.1 Å². The summed E-state index contributed by atoms with van der Waals surface area (Å²) in [6, 6.07) is 1.47. The molecule has 4 N–H and O–H groups in total.